The normalized spacial score (nSPS) is 22.8. The molecule has 0 saturated carbocycles. The Bertz CT molecular complexity index is 195. The van der Waals surface area contributed by atoms with Crippen LogP contribution in [0.5, 0.6) is 0 Å². The molecule has 1 heterocycles. The van der Waals surface area contributed by atoms with Crippen LogP contribution in [0.1, 0.15) is 0 Å². The molecule has 12 heavy (non-hydrogen) atoms. The summed E-state index contributed by atoms with van der Waals surface area (Å²) in [6.45, 7) is 0.969. The third-order valence-electron chi connectivity index (χ3n) is 1.58. The monoisotopic (exact) mass is 185 g/mol. The molecule has 66 valence electrons. The second-order valence-corrected chi connectivity index (χ2v) is 3.61. The Labute approximate surface area is 75.7 Å². The van der Waals surface area contributed by atoms with Gasteiger partial charge in [0.25, 0.3) is 0 Å². The first kappa shape index (κ1) is 9.36. The highest BCUT2D eigenvalue weighted by molar-refractivity contribution is 7.99. The van der Waals surface area contributed by atoms with Gasteiger partial charge in [-0.25, -0.2) is 0 Å². The van der Waals surface area contributed by atoms with E-state index in [-0.39, 0.29) is 18.5 Å². The number of thioether (sulfide) groups is 1. The second-order valence-electron chi connectivity index (χ2n) is 2.46. The van der Waals surface area contributed by atoms with Gasteiger partial charge in [-0.05, 0) is 0 Å². The van der Waals surface area contributed by atoms with E-state index in [2.05, 4.69) is 10.6 Å². The van der Waals surface area contributed by atoms with Crippen molar-refractivity contribution >= 4 is 17.7 Å². The highest BCUT2D eigenvalue weighted by Gasteiger charge is 2.19. The lowest BCUT2D eigenvalue weighted by molar-refractivity contribution is -0.122. The summed E-state index contributed by atoms with van der Waals surface area (Å²) in [6, 6.07) is 1.76. The van der Waals surface area contributed by atoms with Crippen molar-refractivity contribution in [2.45, 2.75) is 6.04 Å². The fourth-order valence-corrected chi connectivity index (χ4v) is 1.92. The third kappa shape index (κ3) is 2.72. The van der Waals surface area contributed by atoms with Crippen LogP contribution in [0.3, 0.4) is 0 Å². The van der Waals surface area contributed by atoms with Crippen LogP contribution in [0.15, 0.2) is 0 Å². The Balaban J connectivity index is 2.26. The van der Waals surface area contributed by atoms with Crippen LogP contribution in [0.25, 0.3) is 0 Å². The maximum atomic E-state index is 11.2. The summed E-state index contributed by atoms with van der Waals surface area (Å²) in [6.07, 6.45) is 0. The van der Waals surface area contributed by atoms with E-state index in [1.807, 2.05) is 6.07 Å². The van der Waals surface area contributed by atoms with Gasteiger partial charge in [0.1, 0.15) is 6.54 Å². The minimum atomic E-state index is -0.114. The van der Waals surface area contributed by atoms with E-state index in [0.29, 0.717) is 0 Å². The molecule has 1 rings (SSSR count). The largest absolute Gasteiger partial charge is 0.342 e. The molecule has 1 atom stereocenters. The number of carbonyl (C=O) groups excluding carboxylic acids is 1. The molecule has 0 aromatic heterocycles. The van der Waals surface area contributed by atoms with Crippen molar-refractivity contribution < 1.29 is 4.79 Å². The summed E-state index contributed by atoms with van der Waals surface area (Å²) in [7, 11) is 0. The van der Waals surface area contributed by atoms with Crippen LogP contribution in [0.4, 0.5) is 0 Å². The molecule has 0 bridgehead atoms. The smallest absolute Gasteiger partial charge is 0.238 e. The van der Waals surface area contributed by atoms with Crippen molar-refractivity contribution in [1.29, 1.82) is 5.26 Å². The fraction of sp³-hybridized carbons (Fsp3) is 0.714. The van der Waals surface area contributed by atoms with Crippen molar-refractivity contribution in [3.05, 3.63) is 0 Å². The molecule has 0 aromatic rings. The molecule has 1 aliphatic heterocycles. The Hall–Kier alpha value is -0.730. The van der Waals surface area contributed by atoms with Gasteiger partial charge in [0, 0.05) is 18.1 Å². The van der Waals surface area contributed by atoms with Gasteiger partial charge < -0.3 is 10.6 Å². The first-order valence-corrected chi connectivity index (χ1v) is 4.96. The summed E-state index contributed by atoms with van der Waals surface area (Å²) in [5.41, 5.74) is 0. The Morgan fingerprint density at radius 1 is 1.83 bits per heavy atom. The maximum Gasteiger partial charge on any atom is 0.238 e. The lowest BCUT2D eigenvalue weighted by atomic mass is 10.3. The molecule has 1 fully saturated rings. The van der Waals surface area contributed by atoms with Crippen molar-refractivity contribution in [3.63, 3.8) is 0 Å². The van der Waals surface area contributed by atoms with E-state index < -0.39 is 0 Å². The van der Waals surface area contributed by atoms with Gasteiger partial charge in [-0.3, -0.25) is 4.79 Å². The molecule has 0 aliphatic carbocycles. The summed E-state index contributed by atoms with van der Waals surface area (Å²) >= 11 is 1.76. The van der Waals surface area contributed by atoms with Crippen LogP contribution in [0.2, 0.25) is 0 Å². The molecule has 1 aliphatic rings. The third-order valence-corrected chi connectivity index (χ3v) is 2.64. The highest BCUT2D eigenvalue weighted by Crippen LogP contribution is 2.06. The quantitative estimate of drug-likeness (QED) is 0.560. The summed E-state index contributed by atoms with van der Waals surface area (Å²) < 4.78 is 0. The van der Waals surface area contributed by atoms with Gasteiger partial charge >= 0.3 is 0 Å². The number of hydrogen-bond acceptors (Lipinski definition) is 4. The average molecular weight is 185 g/mol. The van der Waals surface area contributed by atoms with Gasteiger partial charge in [0.05, 0.1) is 12.1 Å². The standard InChI is InChI=1S/C7H11N3OS/c8-1-2-10-7(11)6-5-12-4-3-9-6/h6,9H,2-5H2,(H,10,11). The molecule has 2 N–H and O–H groups in total. The van der Waals surface area contributed by atoms with E-state index in [4.69, 9.17) is 5.26 Å². The highest BCUT2D eigenvalue weighted by atomic mass is 32.2. The number of carbonyl (C=O) groups is 1. The van der Waals surface area contributed by atoms with Gasteiger partial charge in [-0.1, -0.05) is 0 Å². The number of nitrogens with one attached hydrogen (secondary N) is 2. The van der Waals surface area contributed by atoms with E-state index in [1.54, 1.807) is 11.8 Å². The summed E-state index contributed by atoms with van der Waals surface area (Å²) in [5.74, 6) is 1.79. The zero-order valence-corrected chi connectivity index (χ0v) is 7.49. The number of nitriles is 1. The molecular weight excluding hydrogens is 174 g/mol. The van der Waals surface area contributed by atoms with E-state index in [1.165, 1.54) is 0 Å². The van der Waals surface area contributed by atoms with Crippen molar-refractivity contribution in [2.75, 3.05) is 24.6 Å². The summed E-state index contributed by atoms with van der Waals surface area (Å²) in [4.78, 5) is 11.2. The predicted octanol–water partition coefficient (Wildman–Crippen LogP) is -0.669. The first-order valence-electron chi connectivity index (χ1n) is 3.80. The Morgan fingerprint density at radius 3 is 3.25 bits per heavy atom. The number of amides is 1. The molecular formula is C7H11N3OS. The van der Waals surface area contributed by atoms with E-state index in [9.17, 15) is 4.79 Å². The van der Waals surface area contributed by atoms with Crippen LogP contribution < -0.4 is 10.6 Å². The zero-order valence-electron chi connectivity index (χ0n) is 6.67. The lowest BCUT2D eigenvalue weighted by Crippen LogP contribution is -2.48. The van der Waals surface area contributed by atoms with Crippen LogP contribution in [-0.2, 0) is 4.79 Å². The van der Waals surface area contributed by atoms with Gasteiger partial charge in [-0.2, -0.15) is 17.0 Å². The predicted molar refractivity (Wildman–Crippen MR) is 47.7 cm³/mol. The minimum Gasteiger partial charge on any atom is -0.342 e. The van der Waals surface area contributed by atoms with Crippen molar-refractivity contribution in [1.82, 2.24) is 10.6 Å². The fourth-order valence-electron chi connectivity index (χ4n) is 0.984. The zero-order chi connectivity index (χ0) is 8.81. The number of rotatable bonds is 2. The maximum absolute atomic E-state index is 11.2. The molecule has 1 saturated heterocycles. The molecule has 4 nitrogen and oxygen atoms in total. The molecule has 5 heteroatoms. The first-order chi connectivity index (χ1) is 5.84. The van der Waals surface area contributed by atoms with Crippen LogP contribution in [-0.4, -0.2) is 36.5 Å². The second kappa shape index (κ2) is 5.01. The number of nitrogens with zero attached hydrogens (tertiary/aromatic N) is 1. The number of hydrogen-bond donors (Lipinski definition) is 2. The average Bonchev–Trinajstić information content (AvgIpc) is 2.15. The lowest BCUT2D eigenvalue weighted by Gasteiger charge is -2.21. The van der Waals surface area contributed by atoms with Gasteiger partial charge in [0.2, 0.25) is 5.91 Å². The van der Waals surface area contributed by atoms with Crippen LogP contribution in [0, 0.1) is 11.3 Å². The topological polar surface area (TPSA) is 64.9 Å². The molecule has 0 radical (unpaired) electrons. The van der Waals surface area contributed by atoms with Crippen molar-refractivity contribution in [3.8, 4) is 6.07 Å². The van der Waals surface area contributed by atoms with E-state index in [0.717, 1.165) is 18.1 Å². The van der Waals surface area contributed by atoms with Gasteiger partial charge in [0.15, 0.2) is 0 Å². The Kier molecular flexibility index (Phi) is 3.91. The van der Waals surface area contributed by atoms with E-state index >= 15 is 0 Å². The van der Waals surface area contributed by atoms with Gasteiger partial charge in [-0.15, -0.1) is 0 Å². The van der Waals surface area contributed by atoms with Crippen molar-refractivity contribution in [2.24, 2.45) is 0 Å². The molecule has 1 unspecified atom stereocenters. The van der Waals surface area contributed by atoms with Crippen LogP contribution >= 0.6 is 11.8 Å². The molecule has 0 spiro atoms. The summed E-state index contributed by atoms with van der Waals surface area (Å²) in [5, 5.41) is 13.8. The Morgan fingerprint density at radius 2 is 2.67 bits per heavy atom. The minimum absolute atomic E-state index is 0.0660. The molecule has 0 aromatic carbocycles. The molecule has 1 amide bonds. The SMILES string of the molecule is N#CCNC(=O)C1CSCCN1.